The number of nitrogens with one attached hydrogen (secondary N) is 1. The van der Waals surface area contributed by atoms with E-state index in [2.05, 4.69) is 10.3 Å². The van der Waals surface area contributed by atoms with Crippen molar-refractivity contribution >= 4 is 32.2 Å². The predicted molar refractivity (Wildman–Crippen MR) is 102 cm³/mol. The molecule has 0 unspecified atom stereocenters. The summed E-state index contributed by atoms with van der Waals surface area (Å²) in [6.07, 6.45) is 0. The molecule has 0 spiro atoms. The van der Waals surface area contributed by atoms with Crippen molar-refractivity contribution in [2.75, 3.05) is 5.32 Å². The maximum Gasteiger partial charge on any atom is 0.247 e. The number of aromatic nitrogens is 1. The van der Waals surface area contributed by atoms with Gasteiger partial charge in [-0.1, -0.05) is 20.8 Å². The number of hydrogen-bond acceptors (Lipinski definition) is 6. The van der Waals surface area contributed by atoms with E-state index in [1.165, 1.54) is 31.3 Å². The van der Waals surface area contributed by atoms with Crippen molar-refractivity contribution in [3.05, 3.63) is 40.7 Å². The smallest absolute Gasteiger partial charge is 0.247 e. The van der Waals surface area contributed by atoms with Crippen LogP contribution in [-0.2, 0) is 20.0 Å². The number of carbonyl (C=O) groups excluding carboxylic acids is 1. The Morgan fingerprint density at radius 1 is 1.26 bits per heavy atom. The van der Waals surface area contributed by atoms with Gasteiger partial charge in [0, 0.05) is 10.8 Å². The summed E-state index contributed by atoms with van der Waals surface area (Å²) in [5, 5.41) is 13.4. The highest BCUT2D eigenvalue weighted by molar-refractivity contribution is 7.93. The third kappa shape index (κ3) is 4.01. The minimum atomic E-state index is -4.35. The molecule has 0 atom stereocenters. The summed E-state index contributed by atoms with van der Waals surface area (Å²) in [4.78, 5) is 16.3. The van der Waals surface area contributed by atoms with E-state index in [1.54, 1.807) is 11.4 Å². The summed E-state index contributed by atoms with van der Waals surface area (Å²) in [6.45, 7) is 8.31. The first-order chi connectivity index (χ1) is 12.3. The Bertz CT molecular complexity index is 1030. The average Bonchev–Trinajstić information content (AvgIpc) is 3.02. The van der Waals surface area contributed by atoms with Crippen LogP contribution in [0.15, 0.2) is 28.5 Å². The Morgan fingerprint density at radius 2 is 1.89 bits per heavy atom. The van der Waals surface area contributed by atoms with Gasteiger partial charge in [0.05, 0.1) is 17.3 Å². The third-order valence-corrected chi connectivity index (χ3v) is 7.26. The van der Waals surface area contributed by atoms with E-state index in [1.807, 2.05) is 20.8 Å². The molecule has 27 heavy (non-hydrogen) atoms. The van der Waals surface area contributed by atoms with Gasteiger partial charge in [0.15, 0.2) is 15.0 Å². The highest BCUT2D eigenvalue weighted by Crippen LogP contribution is 2.31. The number of nitrogens with zero attached hydrogens (tertiary/aromatic N) is 2. The Morgan fingerprint density at radius 3 is 2.37 bits per heavy atom. The van der Waals surface area contributed by atoms with Crippen LogP contribution in [0.25, 0.3) is 0 Å². The minimum Gasteiger partial charge on any atom is -0.301 e. The topological polar surface area (TPSA) is 99.9 Å². The quantitative estimate of drug-likeness (QED) is 0.831. The first kappa shape index (κ1) is 21.0. The van der Waals surface area contributed by atoms with Crippen LogP contribution >= 0.6 is 11.3 Å². The molecule has 0 saturated heterocycles. The standard InChI is InChI=1S/C18H20FN3O3S2/c1-17(2,3)14-10-26-16(21-14)22-15(23)18(4,5)27(24,25)13-7-6-11(9-20)8-12(13)19/h6-8,10H,1-5H3,(H,21,22,23). The third-order valence-electron chi connectivity index (χ3n) is 4.06. The van der Waals surface area contributed by atoms with E-state index >= 15 is 0 Å². The van der Waals surface area contributed by atoms with Crippen LogP contribution in [0.5, 0.6) is 0 Å². The van der Waals surface area contributed by atoms with Crippen molar-refractivity contribution in [2.45, 2.75) is 49.7 Å². The molecule has 144 valence electrons. The van der Waals surface area contributed by atoms with E-state index < -0.39 is 31.2 Å². The van der Waals surface area contributed by atoms with Gasteiger partial charge < -0.3 is 5.32 Å². The van der Waals surface area contributed by atoms with Crippen LogP contribution in [0.1, 0.15) is 45.9 Å². The Hall–Kier alpha value is -2.31. The highest BCUT2D eigenvalue weighted by Gasteiger charge is 2.44. The van der Waals surface area contributed by atoms with Crippen molar-refractivity contribution in [2.24, 2.45) is 0 Å². The fraction of sp³-hybridized carbons (Fsp3) is 0.389. The van der Waals surface area contributed by atoms with E-state index in [0.717, 1.165) is 17.8 Å². The van der Waals surface area contributed by atoms with E-state index in [9.17, 15) is 17.6 Å². The number of benzene rings is 1. The Balaban J connectivity index is 2.34. The van der Waals surface area contributed by atoms with Crippen molar-refractivity contribution in [3.8, 4) is 6.07 Å². The lowest BCUT2D eigenvalue weighted by Crippen LogP contribution is -2.44. The van der Waals surface area contributed by atoms with Crippen LogP contribution in [0.4, 0.5) is 9.52 Å². The molecule has 0 bridgehead atoms. The lowest BCUT2D eigenvalue weighted by molar-refractivity contribution is -0.117. The Kier molecular flexibility index (Phi) is 5.46. The molecule has 1 aromatic heterocycles. The summed E-state index contributed by atoms with van der Waals surface area (Å²) >= 11 is 1.19. The highest BCUT2D eigenvalue weighted by atomic mass is 32.2. The van der Waals surface area contributed by atoms with Gasteiger partial charge in [-0.3, -0.25) is 4.79 Å². The van der Waals surface area contributed by atoms with Crippen LogP contribution in [0, 0.1) is 17.1 Å². The van der Waals surface area contributed by atoms with Gasteiger partial charge in [0.1, 0.15) is 15.5 Å². The number of hydrogen-bond donors (Lipinski definition) is 1. The van der Waals surface area contributed by atoms with Crippen LogP contribution in [0.2, 0.25) is 0 Å². The molecule has 0 aliphatic heterocycles. The molecule has 1 heterocycles. The van der Waals surface area contributed by atoms with E-state index in [4.69, 9.17) is 5.26 Å². The number of sulfone groups is 1. The van der Waals surface area contributed by atoms with Gasteiger partial charge in [-0.25, -0.2) is 17.8 Å². The molecule has 9 heteroatoms. The van der Waals surface area contributed by atoms with Gasteiger partial charge in [0.2, 0.25) is 5.91 Å². The average molecular weight is 410 g/mol. The Labute approximate surface area is 162 Å². The minimum absolute atomic E-state index is 0.00815. The zero-order valence-corrected chi connectivity index (χ0v) is 17.3. The molecule has 0 aliphatic carbocycles. The summed E-state index contributed by atoms with van der Waals surface area (Å²) in [6, 6.07) is 4.76. The number of halogens is 1. The van der Waals surface area contributed by atoms with Crippen LogP contribution in [-0.4, -0.2) is 24.1 Å². The summed E-state index contributed by atoms with van der Waals surface area (Å²) < 4.78 is 38.0. The molecular weight excluding hydrogens is 389 g/mol. The second-order valence-corrected chi connectivity index (χ2v) is 10.8. The molecule has 6 nitrogen and oxygen atoms in total. The normalized spacial score (nSPS) is 12.5. The number of thiazole rings is 1. The molecule has 1 N–H and O–H groups in total. The number of nitriles is 1. The van der Waals surface area contributed by atoms with E-state index in [-0.39, 0.29) is 16.1 Å². The lowest BCUT2D eigenvalue weighted by atomic mass is 9.93. The molecule has 1 amide bonds. The number of carbonyl (C=O) groups is 1. The van der Waals surface area contributed by atoms with E-state index in [0.29, 0.717) is 0 Å². The van der Waals surface area contributed by atoms with Gasteiger partial charge in [-0.2, -0.15) is 5.26 Å². The molecule has 0 radical (unpaired) electrons. The maximum atomic E-state index is 14.2. The summed E-state index contributed by atoms with van der Waals surface area (Å²) in [7, 11) is -4.35. The van der Waals surface area contributed by atoms with Gasteiger partial charge in [0.25, 0.3) is 0 Å². The molecule has 0 fully saturated rings. The molecule has 0 aliphatic rings. The van der Waals surface area contributed by atoms with Crippen LogP contribution < -0.4 is 5.32 Å². The van der Waals surface area contributed by atoms with Crippen molar-refractivity contribution in [1.29, 1.82) is 5.26 Å². The lowest BCUT2D eigenvalue weighted by Gasteiger charge is -2.23. The van der Waals surface area contributed by atoms with Crippen molar-refractivity contribution in [3.63, 3.8) is 0 Å². The second kappa shape index (κ2) is 7.02. The zero-order chi connectivity index (χ0) is 20.6. The predicted octanol–water partition coefficient (Wildman–Crippen LogP) is 3.64. The summed E-state index contributed by atoms with van der Waals surface area (Å²) in [5.74, 6) is -1.89. The fourth-order valence-corrected chi connectivity index (χ4v) is 4.45. The van der Waals surface area contributed by atoms with Crippen LogP contribution in [0.3, 0.4) is 0 Å². The maximum absolute atomic E-state index is 14.2. The first-order valence-electron chi connectivity index (χ1n) is 8.02. The summed E-state index contributed by atoms with van der Waals surface area (Å²) in [5.41, 5.74) is 0.542. The molecule has 2 rings (SSSR count). The zero-order valence-electron chi connectivity index (χ0n) is 15.6. The van der Waals surface area contributed by atoms with Crippen molar-refractivity contribution in [1.82, 2.24) is 4.98 Å². The number of amides is 1. The molecule has 1 aromatic carbocycles. The molecule has 2 aromatic rings. The molecule has 0 saturated carbocycles. The van der Waals surface area contributed by atoms with Gasteiger partial charge >= 0.3 is 0 Å². The number of anilines is 1. The largest absolute Gasteiger partial charge is 0.301 e. The van der Waals surface area contributed by atoms with Gasteiger partial charge in [-0.05, 0) is 32.0 Å². The number of rotatable bonds is 4. The SMILES string of the molecule is CC(C)(C)c1csc(NC(=O)C(C)(C)S(=O)(=O)c2ccc(C#N)cc2F)n1. The first-order valence-corrected chi connectivity index (χ1v) is 10.4. The van der Waals surface area contributed by atoms with Crippen molar-refractivity contribution < 1.29 is 17.6 Å². The van der Waals surface area contributed by atoms with Gasteiger partial charge in [-0.15, -0.1) is 11.3 Å². The molecular formula is C18H20FN3O3S2. The fourth-order valence-electron chi connectivity index (χ4n) is 2.11. The monoisotopic (exact) mass is 409 g/mol. The second-order valence-electron chi connectivity index (χ2n) is 7.51.